The second kappa shape index (κ2) is 7.67. The molecule has 140 valence electrons. The summed E-state index contributed by atoms with van der Waals surface area (Å²) in [6, 6.07) is -1.02. The van der Waals surface area contributed by atoms with Crippen molar-refractivity contribution >= 4 is 23.7 Å². The Labute approximate surface area is 151 Å². The highest BCUT2D eigenvalue weighted by atomic mass is 16.4. The highest BCUT2D eigenvalue weighted by molar-refractivity contribution is 5.99. The molecular weight excluding hydrogens is 338 g/mol. The monoisotopic (exact) mass is 361 g/mol. The number of nitrogens with one attached hydrogen (secondary N) is 1. The summed E-state index contributed by atoms with van der Waals surface area (Å²) >= 11 is 0. The molecule has 2 saturated heterocycles. The third kappa shape index (κ3) is 3.76. The van der Waals surface area contributed by atoms with Gasteiger partial charge in [0.15, 0.2) is 0 Å². The van der Waals surface area contributed by atoms with E-state index in [1.807, 2.05) is 0 Å². The van der Waals surface area contributed by atoms with E-state index >= 15 is 0 Å². The molecule has 2 fully saturated rings. The van der Waals surface area contributed by atoms with Gasteiger partial charge < -0.3 is 20.2 Å². The number of rotatable bonds is 4. The molecule has 0 spiro atoms. The van der Waals surface area contributed by atoms with Gasteiger partial charge in [-0.15, -0.1) is 0 Å². The molecule has 2 aliphatic rings. The van der Waals surface area contributed by atoms with Crippen LogP contribution in [0.25, 0.3) is 0 Å². The van der Waals surface area contributed by atoms with E-state index in [0.717, 1.165) is 25.9 Å². The van der Waals surface area contributed by atoms with E-state index < -0.39 is 30.2 Å². The van der Waals surface area contributed by atoms with Gasteiger partial charge in [-0.25, -0.2) is 9.97 Å². The summed E-state index contributed by atoms with van der Waals surface area (Å²) in [6.07, 6.45) is 4.46. The average Bonchev–Trinajstić information content (AvgIpc) is 2.63. The summed E-state index contributed by atoms with van der Waals surface area (Å²) in [5.74, 6) is -1.38. The molecule has 0 unspecified atom stereocenters. The topological polar surface area (TPSA) is 116 Å². The minimum atomic E-state index is -1.13. The highest BCUT2D eigenvalue weighted by Crippen LogP contribution is 2.19. The van der Waals surface area contributed by atoms with E-state index in [2.05, 4.69) is 20.2 Å². The molecule has 2 N–H and O–H groups in total. The zero-order valence-corrected chi connectivity index (χ0v) is 14.8. The molecule has 9 nitrogen and oxygen atoms in total. The number of carbonyl (C=O) groups is 3. The molecule has 2 aliphatic heterocycles. The Kier molecular flexibility index (Phi) is 5.34. The number of piperidine rings is 1. The van der Waals surface area contributed by atoms with Crippen molar-refractivity contribution in [3.63, 3.8) is 0 Å². The highest BCUT2D eigenvalue weighted by Gasteiger charge is 2.36. The van der Waals surface area contributed by atoms with Crippen LogP contribution in [-0.4, -0.2) is 70.0 Å². The molecule has 2 amide bonds. The molecule has 3 heterocycles. The van der Waals surface area contributed by atoms with Crippen molar-refractivity contribution in [2.45, 2.75) is 38.6 Å². The zero-order valence-electron chi connectivity index (χ0n) is 14.8. The Morgan fingerprint density at radius 2 is 2.00 bits per heavy atom. The number of carboxylic acids is 1. The standard InChI is InChI=1S/C17H23N5O4/c1-11-12(10-19-17(20-11)21-6-3-2-4-7-21)16(26)22-8-5-18-15(25)13(22)9-14(23)24/h10,13H,2-9H2,1H3,(H,18,25)(H,23,24)/t13-/m0/s1. The van der Waals surface area contributed by atoms with Crippen molar-refractivity contribution in [2.24, 2.45) is 0 Å². The first-order valence-corrected chi connectivity index (χ1v) is 8.86. The molecule has 0 radical (unpaired) electrons. The lowest BCUT2D eigenvalue weighted by Crippen LogP contribution is -2.57. The average molecular weight is 361 g/mol. The molecule has 9 heteroatoms. The number of aliphatic carboxylic acids is 1. The maximum atomic E-state index is 12.9. The summed E-state index contributed by atoms with van der Waals surface area (Å²) in [6.45, 7) is 4.10. The van der Waals surface area contributed by atoms with Crippen LogP contribution < -0.4 is 10.2 Å². The van der Waals surface area contributed by atoms with Gasteiger partial charge in [-0.05, 0) is 26.2 Å². The van der Waals surface area contributed by atoms with E-state index in [9.17, 15) is 14.4 Å². The van der Waals surface area contributed by atoms with Crippen LogP contribution in [0.4, 0.5) is 5.95 Å². The fourth-order valence-corrected chi connectivity index (χ4v) is 3.39. The maximum Gasteiger partial charge on any atom is 0.305 e. The van der Waals surface area contributed by atoms with Crippen LogP contribution in [0.15, 0.2) is 6.20 Å². The van der Waals surface area contributed by atoms with Crippen LogP contribution >= 0.6 is 0 Å². The lowest BCUT2D eigenvalue weighted by molar-refractivity contribution is -0.142. The Morgan fingerprint density at radius 3 is 2.65 bits per heavy atom. The number of aryl methyl sites for hydroxylation is 1. The second-order valence-electron chi connectivity index (χ2n) is 6.62. The van der Waals surface area contributed by atoms with Crippen molar-refractivity contribution in [1.82, 2.24) is 20.2 Å². The minimum Gasteiger partial charge on any atom is -0.481 e. The van der Waals surface area contributed by atoms with E-state index in [1.165, 1.54) is 17.5 Å². The summed E-state index contributed by atoms with van der Waals surface area (Å²) in [4.78, 5) is 48.2. The maximum absolute atomic E-state index is 12.9. The van der Waals surface area contributed by atoms with Crippen LogP contribution in [0.5, 0.6) is 0 Å². The van der Waals surface area contributed by atoms with Gasteiger partial charge >= 0.3 is 5.97 Å². The van der Waals surface area contributed by atoms with E-state index in [0.29, 0.717) is 23.8 Å². The number of carbonyl (C=O) groups excluding carboxylic acids is 2. The molecule has 0 bridgehead atoms. The Hall–Kier alpha value is -2.71. The number of anilines is 1. The molecule has 3 rings (SSSR count). The first-order chi connectivity index (χ1) is 12.5. The minimum absolute atomic E-state index is 0.260. The van der Waals surface area contributed by atoms with Crippen molar-refractivity contribution in [2.75, 3.05) is 31.1 Å². The fraction of sp³-hybridized carbons (Fsp3) is 0.588. The number of hydrogen-bond acceptors (Lipinski definition) is 6. The first kappa shape index (κ1) is 18.1. The van der Waals surface area contributed by atoms with Gasteiger partial charge in [0, 0.05) is 32.4 Å². The summed E-state index contributed by atoms with van der Waals surface area (Å²) in [7, 11) is 0. The molecule has 26 heavy (non-hydrogen) atoms. The van der Waals surface area contributed by atoms with Gasteiger partial charge in [-0.2, -0.15) is 0 Å². The zero-order chi connectivity index (χ0) is 18.7. The van der Waals surface area contributed by atoms with Crippen molar-refractivity contribution in [1.29, 1.82) is 0 Å². The van der Waals surface area contributed by atoms with E-state index in [-0.39, 0.29) is 6.54 Å². The van der Waals surface area contributed by atoms with Crippen LogP contribution in [0, 0.1) is 6.92 Å². The molecule has 1 aromatic rings. The summed E-state index contributed by atoms with van der Waals surface area (Å²) < 4.78 is 0. The SMILES string of the molecule is Cc1nc(N2CCCCC2)ncc1C(=O)N1CCNC(=O)[C@@H]1CC(=O)O. The predicted molar refractivity (Wildman–Crippen MR) is 92.9 cm³/mol. The quantitative estimate of drug-likeness (QED) is 0.786. The predicted octanol–water partition coefficient (Wildman–Crippen LogP) is 0.191. The third-order valence-corrected chi connectivity index (χ3v) is 4.80. The number of carboxylic acid groups (broad SMARTS) is 1. The Morgan fingerprint density at radius 1 is 1.27 bits per heavy atom. The van der Waals surface area contributed by atoms with Crippen molar-refractivity contribution in [3.05, 3.63) is 17.5 Å². The smallest absolute Gasteiger partial charge is 0.305 e. The van der Waals surface area contributed by atoms with Crippen molar-refractivity contribution < 1.29 is 19.5 Å². The van der Waals surface area contributed by atoms with Gasteiger partial charge in [0.1, 0.15) is 6.04 Å². The second-order valence-corrected chi connectivity index (χ2v) is 6.62. The van der Waals surface area contributed by atoms with Gasteiger partial charge in [0.05, 0.1) is 17.7 Å². The number of aromatic nitrogens is 2. The van der Waals surface area contributed by atoms with Gasteiger partial charge in [-0.1, -0.05) is 0 Å². The summed E-state index contributed by atoms with van der Waals surface area (Å²) in [5, 5.41) is 11.6. The largest absolute Gasteiger partial charge is 0.481 e. The van der Waals surface area contributed by atoms with Crippen molar-refractivity contribution in [3.8, 4) is 0 Å². The van der Waals surface area contributed by atoms with Gasteiger partial charge in [0.25, 0.3) is 5.91 Å². The molecule has 1 atom stereocenters. The number of piperazine rings is 1. The van der Waals surface area contributed by atoms with Crippen LogP contribution in [-0.2, 0) is 9.59 Å². The Bertz CT molecular complexity index is 717. The summed E-state index contributed by atoms with van der Waals surface area (Å²) in [5.41, 5.74) is 0.835. The van der Waals surface area contributed by atoms with Crippen LogP contribution in [0.1, 0.15) is 41.7 Å². The molecule has 0 aromatic carbocycles. The van der Waals surface area contributed by atoms with Gasteiger partial charge in [-0.3, -0.25) is 14.4 Å². The van der Waals surface area contributed by atoms with Gasteiger partial charge in [0.2, 0.25) is 11.9 Å². The van der Waals surface area contributed by atoms with E-state index in [1.54, 1.807) is 6.92 Å². The fourth-order valence-electron chi connectivity index (χ4n) is 3.39. The Balaban J connectivity index is 1.81. The third-order valence-electron chi connectivity index (χ3n) is 4.80. The number of hydrogen-bond donors (Lipinski definition) is 2. The van der Waals surface area contributed by atoms with Crippen LogP contribution in [0.2, 0.25) is 0 Å². The normalized spacial score (nSPS) is 20.7. The number of amides is 2. The molecule has 1 aromatic heterocycles. The van der Waals surface area contributed by atoms with Crippen LogP contribution in [0.3, 0.4) is 0 Å². The first-order valence-electron chi connectivity index (χ1n) is 8.86. The molecule has 0 aliphatic carbocycles. The molecular formula is C17H23N5O4. The molecule has 0 saturated carbocycles. The van der Waals surface area contributed by atoms with E-state index in [4.69, 9.17) is 5.11 Å². The lowest BCUT2D eigenvalue weighted by Gasteiger charge is -2.34. The lowest BCUT2D eigenvalue weighted by atomic mass is 10.1. The number of nitrogens with zero attached hydrogens (tertiary/aromatic N) is 4.